The Labute approximate surface area is 103 Å². The average molecular weight is 236 g/mol. The highest BCUT2D eigenvalue weighted by molar-refractivity contribution is 5.54. The number of nitrogen functional groups attached to an aromatic ring is 1. The molecule has 2 unspecified atom stereocenters. The monoisotopic (exact) mass is 236 g/mol. The topological polar surface area (TPSA) is 29.3 Å². The second-order valence-electron chi connectivity index (χ2n) is 5.15. The van der Waals surface area contributed by atoms with E-state index in [1.165, 1.54) is 25.3 Å². The van der Waals surface area contributed by atoms with E-state index in [2.05, 4.69) is 11.8 Å². The van der Waals surface area contributed by atoms with Crippen LogP contribution in [-0.2, 0) is 0 Å². The summed E-state index contributed by atoms with van der Waals surface area (Å²) in [6.45, 7) is 2.26. The van der Waals surface area contributed by atoms with Gasteiger partial charge in [0.05, 0.1) is 5.69 Å². The fourth-order valence-electron chi connectivity index (χ4n) is 2.86. The van der Waals surface area contributed by atoms with Crippen LogP contribution in [0.1, 0.15) is 32.6 Å². The van der Waals surface area contributed by atoms with Crippen molar-refractivity contribution in [2.24, 2.45) is 5.92 Å². The first-order valence-corrected chi connectivity index (χ1v) is 6.37. The van der Waals surface area contributed by atoms with Gasteiger partial charge in [-0.05, 0) is 37.0 Å². The highest BCUT2D eigenvalue weighted by Gasteiger charge is 2.26. The SMILES string of the molecule is CC1CCCCC1N(C)c1ccc(N)cc1F. The highest BCUT2D eigenvalue weighted by atomic mass is 19.1. The summed E-state index contributed by atoms with van der Waals surface area (Å²) < 4.78 is 13.9. The Morgan fingerprint density at radius 2 is 2.00 bits per heavy atom. The minimum atomic E-state index is -0.217. The molecule has 0 aliphatic heterocycles. The van der Waals surface area contributed by atoms with Crippen molar-refractivity contribution in [2.75, 3.05) is 17.7 Å². The number of hydrogen-bond acceptors (Lipinski definition) is 2. The molecule has 0 amide bonds. The third-order valence-electron chi connectivity index (χ3n) is 3.92. The van der Waals surface area contributed by atoms with Gasteiger partial charge in [-0.25, -0.2) is 4.39 Å². The molecule has 17 heavy (non-hydrogen) atoms. The van der Waals surface area contributed by atoms with Crippen molar-refractivity contribution < 1.29 is 4.39 Å². The zero-order valence-electron chi connectivity index (χ0n) is 10.6. The van der Waals surface area contributed by atoms with Gasteiger partial charge >= 0.3 is 0 Å². The molecule has 0 bridgehead atoms. The van der Waals surface area contributed by atoms with Gasteiger partial charge in [0.1, 0.15) is 5.82 Å². The number of hydrogen-bond donors (Lipinski definition) is 1. The molecule has 1 aliphatic rings. The number of nitrogens with zero attached hydrogens (tertiary/aromatic N) is 1. The molecular weight excluding hydrogens is 215 g/mol. The number of rotatable bonds is 2. The Kier molecular flexibility index (Phi) is 3.55. The number of benzene rings is 1. The molecule has 1 aromatic carbocycles. The number of nitrogens with two attached hydrogens (primary N) is 1. The van der Waals surface area contributed by atoms with Crippen LogP contribution in [0.15, 0.2) is 18.2 Å². The van der Waals surface area contributed by atoms with Gasteiger partial charge in [-0.1, -0.05) is 19.8 Å². The van der Waals surface area contributed by atoms with Crippen molar-refractivity contribution >= 4 is 11.4 Å². The maximum absolute atomic E-state index is 13.9. The van der Waals surface area contributed by atoms with Crippen molar-refractivity contribution in [1.82, 2.24) is 0 Å². The van der Waals surface area contributed by atoms with Crippen molar-refractivity contribution in [3.8, 4) is 0 Å². The van der Waals surface area contributed by atoms with Gasteiger partial charge in [0.25, 0.3) is 0 Å². The van der Waals surface area contributed by atoms with E-state index in [1.807, 2.05) is 7.05 Å². The minimum Gasteiger partial charge on any atom is -0.399 e. The summed E-state index contributed by atoms with van der Waals surface area (Å²) >= 11 is 0. The summed E-state index contributed by atoms with van der Waals surface area (Å²) in [5.41, 5.74) is 6.72. The van der Waals surface area contributed by atoms with E-state index < -0.39 is 0 Å². The van der Waals surface area contributed by atoms with E-state index in [-0.39, 0.29) is 5.82 Å². The van der Waals surface area contributed by atoms with Crippen LogP contribution in [0.5, 0.6) is 0 Å². The molecule has 3 heteroatoms. The van der Waals surface area contributed by atoms with Crippen LogP contribution in [0.3, 0.4) is 0 Å². The zero-order valence-corrected chi connectivity index (χ0v) is 10.6. The predicted molar refractivity (Wildman–Crippen MR) is 70.6 cm³/mol. The van der Waals surface area contributed by atoms with Crippen LogP contribution in [0, 0.1) is 11.7 Å². The first-order valence-electron chi connectivity index (χ1n) is 6.37. The lowest BCUT2D eigenvalue weighted by Gasteiger charge is -2.37. The molecule has 1 fully saturated rings. The fraction of sp³-hybridized carbons (Fsp3) is 0.571. The van der Waals surface area contributed by atoms with Crippen molar-refractivity contribution in [3.63, 3.8) is 0 Å². The largest absolute Gasteiger partial charge is 0.399 e. The highest BCUT2D eigenvalue weighted by Crippen LogP contribution is 2.31. The molecular formula is C14H21FN2. The molecule has 2 atom stereocenters. The van der Waals surface area contributed by atoms with Crippen LogP contribution < -0.4 is 10.6 Å². The summed E-state index contributed by atoms with van der Waals surface area (Å²) in [7, 11) is 1.99. The summed E-state index contributed by atoms with van der Waals surface area (Å²) in [4.78, 5) is 2.08. The summed E-state index contributed by atoms with van der Waals surface area (Å²) in [5, 5.41) is 0. The lowest BCUT2D eigenvalue weighted by molar-refractivity contribution is 0.320. The zero-order chi connectivity index (χ0) is 12.4. The Morgan fingerprint density at radius 1 is 1.29 bits per heavy atom. The molecule has 2 N–H and O–H groups in total. The normalized spacial score (nSPS) is 24.6. The van der Waals surface area contributed by atoms with Crippen LogP contribution in [0.4, 0.5) is 15.8 Å². The van der Waals surface area contributed by atoms with Gasteiger partial charge in [0.15, 0.2) is 0 Å². The Balaban J connectivity index is 2.20. The summed E-state index contributed by atoms with van der Waals surface area (Å²) in [5.74, 6) is 0.413. The van der Waals surface area contributed by atoms with E-state index in [0.29, 0.717) is 23.3 Å². The molecule has 94 valence electrons. The maximum Gasteiger partial charge on any atom is 0.148 e. The molecule has 0 radical (unpaired) electrons. The lowest BCUT2D eigenvalue weighted by Crippen LogP contribution is -2.39. The second-order valence-corrected chi connectivity index (χ2v) is 5.15. The predicted octanol–water partition coefficient (Wildman–Crippen LogP) is 3.42. The average Bonchev–Trinajstić information content (AvgIpc) is 2.29. The van der Waals surface area contributed by atoms with Gasteiger partial charge in [-0.15, -0.1) is 0 Å². The smallest absolute Gasteiger partial charge is 0.148 e. The minimum absolute atomic E-state index is 0.217. The number of halogens is 1. The summed E-state index contributed by atoms with van der Waals surface area (Å²) in [6.07, 6.45) is 4.94. The van der Waals surface area contributed by atoms with E-state index >= 15 is 0 Å². The van der Waals surface area contributed by atoms with Crippen molar-refractivity contribution in [1.29, 1.82) is 0 Å². The molecule has 0 heterocycles. The molecule has 2 nitrogen and oxygen atoms in total. The van der Waals surface area contributed by atoms with Crippen LogP contribution in [-0.4, -0.2) is 13.1 Å². The Hall–Kier alpha value is -1.25. The fourth-order valence-corrected chi connectivity index (χ4v) is 2.86. The van der Waals surface area contributed by atoms with Gasteiger partial charge in [-0.2, -0.15) is 0 Å². The lowest BCUT2D eigenvalue weighted by atomic mass is 9.85. The van der Waals surface area contributed by atoms with Crippen LogP contribution in [0.25, 0.3) is 0 Å². The second kappa shape index (κ2) is 4.94. The Morgan fingerprint density at radius 3 is 2.65 bits per heavy atom. The van der Waals surface area contributed by atoms with Crippen LogP contribution >= 0.6 is 0 Å². The van der Waals surface area contributed by atoms with Crippen molar-refractivity contribution in [3.05, 3.63) is 24.0 Å². The van der Waals surface area contributed by atoms with E-state index in [9.17, 15) is 4.39 Å². The first-order chi connectivity index (χ1) is 8.09. The van der Waals surface area contributed by atoms with Gasteiger partial charge in [0, 0.05) is 18.8 Å². The van der Waals surface area contributed by atoms with E-state index in [0.717, 1.165) is 6.42 Å². The van der Waals surface area contributed by atoms with E-state index in [1.54, 1.807) is 12.1 Å². The standard InChI is InChI=1S/C14H21FN2/c1-10-5-3-4-6-13(10)17(2)14-8-7-11(16)9-12(14)15/h7-10,13H,3-6,16H2,1-2H3. The molecule has 0 spiro atoms. The number of anilines is 2. The molecule has 1 aromatic rings. The molecule has 1 aliphatic carbocycles. The van der Waals surface area contributed by atoms with Gasteiger partial charge < -0.3 is 10.6 Å². The molecule has 1 saturated carbocycles. The first kappa shape index (κ1) is 12.2. The van der Waals surface area contributed by atoms with Crippen molar-refractivity contribution in [2.45, 2.75) is 38.6 Å². The molecule has 2 rings (SSSR count). The molecule has 0 aromatic heterocycles. The quantitative estimate of drug-likeness (QED) is 0.797. The summed E-state index contributed by atoms with van der Waals surface area (Å²) in [6, 6.07) is 5.40. The van der Waals surface area contributed by atoms with E-state index in [4.69, 9.17) is 5.73 Å². The molecule has 0 saturated heterocycles. The third-order valence-corrected chi connectivity index (χ3v) is 3.92. The maximum atomic E-state index is 13.9. The van der Waals surface area contributed by atoms with Gasteiger partial charge in [-0.3, -0.25) is 0 Å². The van der Waals surface area contributed by atoms with Gasteiger partial charge in [0.2, 0.25) is 0 Å². The third kappa shape index (κ3) is 2.54. The Bertz CT molecular complexity index is 392. The van der Waals surface area contributed by atoms with Crippen LogP contribution in [0.2, 0.25) is 0 Å².